The summed E-state index contributed by atoms with van der Waals surface area (Å²) in [7, 11) is 0. The zero-order valence-corrected chi connectivity index (χ0v) is 5.00. The van der Waals surface area contributed by atoms with Crippen LogP contribution in [0.4, 0.5) is 0 Å². The van der Waals surface area contributed by atoms with Crippen LogP contribution in [-0.4, -0.2) is 6.21 Å². The van der Waals surface area contributed by atoms with Crippen LogP contribution < -0.4 is 0 Å². The molecule has 1 nitrogen and oxygen atoms in total. The minimum atomic E-state index is 0.432. The van der Waals surface area contributed by atoms with Gasteiger partial charge in [0, 0.05) is 12.6 Å². The highest BCUT2D eigenvalue weighted by Gasteiger charge is 2.02. The van der Waals surface area contributed by atoms with E-state index in [0.717, 1.165) is 0 Å². The summed E-state index contributed by atoms with van der Waals surface area (Å²) in [6.45, 7) is 0. The molecule has 0 radical (unpaired) electrons. The predicted molar refractivity (Wildman–Crippen MR) is 31.8 cm³/mol. The van der Waals surface area contributed by atoms with E-state index in [2.05, 4.69) is 4.99 Å². The van der Waals surface area contributed by atoms with Crippen molar-refractivity contribution in [3.05, 3.63) is 10.2 Å². The number of allylic oxidation sites excluding steroid dienone is 1. The predicted octanol–water partition coefficient (Wildman–Crippen LogP) is 2.11. The van der Waals surface area contributed by atoms with Crippen molar-refractivity contribution in [3.63, 3.8) is 0 Å². The molecule has 0 atom stereocenters. The summed E-state index contributed by atoms with van der Waals surface area (Å²) in [5.74, 6) is 0. The van der Waals surface area contributed by atoms with E-state index < -0.39 is 0 Å². The van der Waals surface area contributed by atoms with E-state index in [1.165, 1.54) is 0 Å². The van der Waals surface area contributed by atoms with Crippen molar-refractivity contribution in [1.29, 1.82) is 0 Å². The van der Waals surface area contributed by atoms with E-state index in [1.54, 1.807) is 6.21 Å². The molecule has 0 amide bonds. The SMILES string of the molecule is ClC1=C(Cl)N=CC1. The molecule has 7 heavy (non-hydrogen) atoms. The quantitative estimate of drug-likeness (QED) is 0.452. The molecule has 0 N–H and O–H groups in total. The molecule has 1 aliphatic heterocycles. The molecule has 0 aromatic rings. The van der Waals surface area contributed by atoms with Crippen LogP contribution in [0.15, 0.2) is 15.2 Å². The smallest absolute Gasteiger partial charge is 0.143 e. The van der Waals surface area contributed by atoms with E-state index in [4.69, 9.17) is 23.2 Å². The van der Waals surface area contributed by atoms with Gasteiger partial charge in [0.1, 0.15) is 5.16 Å². The molecule has 1 rings (SSSR count). The molecule has 0 fully saturated rings. The van der Waals surface area contributed by atoms with Crippen LogP contribution in [0.3, 0.4) is 0 Å². The van der Waals surface area contributed by atoms with E-state index >= 15 is 0 Å². The van der Waals surface area contributed by atoms with Gasteiger partial charge in [0.2, 0.25) is 0 Å². The van der Waals surface area contributed by atoms with Crippen molar-refractivity contribution in [3.8, 4) is 0 Å². The second-order valence-electron chi connectivity index (χ2n) is 1.21. The van der Waals surface area contributed by atoms with Crippen LogP contribution in [0.25, 0.3) is 0 Å². The summed E-state index contributed by atoms with van der Waals surface area (Å²) in [6.07, 6.45) is 2.38. The highest BCUT2D eigenvalue weighted by molar-refractivity contribution is 6.40. The molecule has 0 saturated heterocycles. The highest BCUT2D eigenvalue weighted by atomic mass is 35.5. The van der Waals surface area contributed by atoms with Gasteiger partial charge in [-0.25, -0.2) is 4.99 Å². The second kappa shape index (κ2) is 1.85. The Kier molecular flexibility index (Phi) is 1.35. The fourth-order valence-electron chi connectivity index (χ4n) is 0.360. The fraction of sp³-hybridized carbons (Fsp3) is 0.250. The third kappa shape index (κ3) is 0.956. The maximum atomic E-state index is 5.49. The Balaban J connectivity index is 2.79. The van der Waals surface area contributed by atoms with Gasteiger partial charge in [-0.3, -0.25) is 0 Å². The summed E-state index contributed by atoms with van der Waals surface area (Å²) in [5.41, 5.74) is 0. The number of rotatable bonds is 0. The van der Waals surface area contributed by atoms with Crippen molar-refractivity contribution < 1.29 is 0 Å². The molecule has 1 heterocycles. The maximum Gasteiger partial charge on any atom is 0.143 e. The van der Waals surface area contributed by atoms with Gasteiger partial charge in [-0.1, -0.05) is 23.2 Å². The average Bonchev–Trinajstić information content (AvgIpc) is 1.91. The van der Waals surface area contributed by atoms with Crippen molar-refractivity contribution in [2.24, 2.45) is 4.99 Å². The molecular weight excluding hydrogens is 133 g/mol. The fourth-order valence-corrected chi connectivity index (χ4v) is 0.624. The number of hydrogen-bond acceptors (Lipinski definition) is 1. The van der Waals surface area contributed by atoms with Gasteiger partial charge < -0.3 is 0 Å². The van der Waals surface area contributed by atoms with Gasteiger partial charge in [0.05, 0.1) is 5.03 Å². The van der Waals surface area contributed by atoms with E-state index in [1.807, 2.05) is 0 Å². The molecule has 1 aliphatic rings. The minimum Gasteiger partial charge on any atom is -0.247 e. The first-order valence-electron chi connectivity index (χ1n) is 1.87. The third-order valence-electron chi connectivity index (χ3n) is 0.699. The molecular formula is C4H3Cl2N. The summed E-state index contributed by atoms with van der Waals surface area (Å²) < 4.78 is 0. The van der Waals surface area contributed by atoms with Crippen LogP contribution >= 0.6 is 23.2 Å². The summed E-state index contributed by atoms with van der Waals surface area (Å²) >= 11 is 10.9. The van der Waals surface area contributed by atoms with Crippen molar-refractivity contribution in [1.82, 2.24) is 0 Å². The number of nitrogens with zero attached hydrogens (tertiary/aromatic N) is 1. The van der Waals surface area contributed by atoms with E-state index in [-0.39, 0.29) is 0 Å². The molecule has 0 aromatic heterocycles. The van der Waals surface area contributed by atoms with Gasteiger partial charge in [0.15, 0.2) is 0 Å². The second-order valence-corrected chi connectivity index (χ2v) is 2.03. The monoisotopic (exact) mass is 135 g/mol. The zero-order chi connectivity index (χ0) is 5.28. The maximum absolute atomic E-state index is 5.49. The molecule has 3 heteroatoms. The summed E-state index contributed by atoms with van der Waals surface area (Å²) in [6, 6.07) is 0. The Bertz CT molecular complexity index is 137. The lowest BCUT2D eigenvalue weighted by molar-refractivity contribution is 1.51. The molecule has 0 saturated carbocycles. The Hall–Kier alpha value is -0.0100. The molecule has 0 aromatic carbocycles. The molecule has 38 valence electrons. The first-order valence-corrected chi connectivity index (χ1v) is 2.63. The summed E-state index contributed by atoms with van der Waals surface area (Å²) in [5, 5.41) is 1.07. The van der Waals surface area contributed by atoms with Gasteiger partial charge >= 0.3 is 0 Å². The topological polar surface area (TPSA) is 12.4 Å². The standard InChI is InChI=1S/C4H3Cl2N/c5-3-1-2-7-4(3)6/h2H,1H2. The van der Waals surface area contributed by atoms with Crippen LogP contribution in [-0.2, 0) is 0 Å². The van der Waals surface area contributed by atoms with Gasteiger partial charge in [-0.15, -0.1) is 0 Å². The Morgan fingerprint density at radius 3 is 2.43 bits per heavy atom. The molecule has 0 spiro atoms. The van der Waals surface area contributed by atoms with Crippen LogP contribution in [0.5, 0.6) is 0 Å². The zero-order valence-electron chi connectivity index (χ0n) is 3.49. The van der Waals surface area contributed by atoms with Crippen molar-refractivity contribution in [2.75, 3.05) is 0 Å². The van der Waals surface area contributed by atoms with Crippen molar-refractivity contribution >= 4 is 29.4 Å². The lowest BCUT2D eigenvalue weighted by Crippen LogP contribution is -1.62. The normalized spacial score (nSPS) is 19.1. The van der Waals surface area contributed by atoms with Crippen LogP contribution in [0, 0.1) is 0 Å². The van der Waals surface area contributed by atoms with Gasteiger partial charge in [0.25, 0.3) is 0 Å². The van der Waals surface area contributed by atoms with E-state index in [9.17, 15) is 0 Å². The molecule has 0 bridgehead atoms. The van der Waals surface area contributed by atoms with Crippen LogP contribution in [0.2, 0.25) is 0 Å². The number of hydrogen-bond donors (Lipinski definition) is 0. The van der Waals surface area contributed by atoms with E-state index in [0.29, 0.717) is 16.6 Å². The Labute approximate surface area is 51.6 Å². The van der Waals surface area contributed by atoms with Gasteiger partial charge in [-0.05, 0) is 0 Å². The highest BCUT2D eigenvalue weighted by Crippen LogP contribution is 2.21. The Morgan fingerprint density at radius 2 is 2.29 bits per heavy atom. The number of aliphatic imine (C=N–C) groups is 1. The van der Waals surface area contributed by atoms with Gasteiger partial charge in [-0.2, -0.15) is 0 Å². The van der Waals surface area contributed by atoms with Crippen molar-refractivity contribution in [2.45, 2.75) is 6.42 Å². The minimum absolute atomic E-state index is 0.432. The molecule has 0 aliphatic carbocycles. The third-order valence-corrected chi connectivity index (χ3v) is 1.45. The van der Waals surface area contributed by atoms with Crippen LogP contribution in [0.1, 0.15) is 6.42 Å². The largest absolute Gasteiger partial charge is 0.247 e. The lowest BCUT2D eigenvalue weighted by Gasteiger charge is -1.79. The summed E-state index contributed by atoms with van der Waals surface area (Å²) in [4.78, 5) is 3.71. The number of halogens is 2. The Morgan fingerprint density at radius 1 is 1.57 bits per heavy atom. The lowest BCUT2D eigenvalue weighted by atomic mass is 10.5. The first kappa shape index (κ1) is 5.13. The molecule has 0 unspecified atom stereocenters. The first-order chi connectivity index (χ1) is 3.30. The average molecular weight is 136 g/mol.